The average Bonchev–Trinajstić information content (AvgIpc) is 2.58. The van der Waals surface area contributed by atoms with Crippen LogP contribution in [0.2, 0.25) is 5.02 Å². The lowest BCUT2D eigenvalue weighted by Crippen LogP contribution is -2.08. The van der Waals surface area contributed by atoms with E-state index in [0.717, 1.165) is 28.0 Å². The summed E-state index contributed by atoms with van der Waals surface area (Å²) in [7, 11) is 1.89. The molecule has 0 aromatic carbocycles. The van der Waals surface area contributed by atoms with E-state index in [0.29, 0.717) is 10.8 Å². The summed E-state index contributed by atoms with van der Waals surface area (Å²) in [4.78, 5) is 4.39. The molecule has 0 atom stereocenters. The van der Waals surface area contributed by atoms with Gasteiger partial charge in [-0.1, -0.05) is 11.6 Å². The molecule has 2 rings (SSSR count). The lowest BCUT2D eigenvalue weighted by molar-refractivity contribution is 0.787. The van der Waals surface area contributed by atoms with Crippen LogP contribution < -0.4 is 5.32 Å². The molecule has 0 aliphatic rings. The first-order chi connectivity index (χ1) is 8.54. The first kappa shape index (κ1) is 13.5. The van der Waals surface area contributed by atoms with Gasteiger partial charge in [-0.25, -0.2) is 9.67 Å². The van der Waals surface area contributed by atoms with E-state index in [2.05, 4.69) is 31.3 Å². The molecule has 0 amide bonds. The van der Waals surface area contributed by atoms with Crippen LogP contribution in [0.15, 0.2) is 16.7 Å². The van der Waals surface area contributed by atoms with Gasteiger partial charge in [0.2, 0.25) is 0 Å². The molecule has 18 heavy (non-hydrogen) atoms. The van der Waals surface area contributed by atoms with Crippen molar-refractivity contribution >= 4 is 27.5 Å². The van der Waals surface area contributed by atoms with Crippen molar-refractivity contribution in [3.8, 4) is 5.82 Å². The maximum absolute atomic E-state index is 6.27. The molecule has 0 aliphatic heterocycles. The molecule has 4 nitrogen and oxygen atoms in total. The highest BCUT2D eigenvalue weighted by Gasteiger charge is 2.14. The van der Waals surface area contributed by atoms with Gasteiger partial charge in [-0.15, -0.1) is 0 Å². The fourth-order valence-electron chi connectivity index (χ4n) is 1.76. The molecule has 6 heteroatoms. The van der Waals surface area contributed by atoms with Crippen LogP contribution in [0.3, 0.4) is 0 Å². The van der Waals surface area contributed by atoms with Crippen LogP contribution in [-0.4, -0.2) is 21.8 Å². The Bertz CT molecular complexity index is 580. The van der Waals surface area contributed by atoms with E-state index in [1.807, 2.05) is 33.2 Å². The Labute approximate surface area is 119 Å². The number of hydrogen-bond acceptors (Lipinski definition) is 3. The van der Waals surface area contributed by atoms with Gasteiger partial charge in [0.25, 0.3) is 0 Å². The molecule has 1 N–H and O–H groups in total. The minimum absolute atomic E-state index is 0.598. The first-order valence-corrected chi connectivity index (χ1v) is 6.72. The van der Waals surface area contributed by atoms with Crippen molar-refractivity contribution in [1.29, 1.82) is 0 Å². The van der Waals surface area contributed by atoms with Crippen LogP contribution in [0.5, 0.6) is 0 Å². The predicted molar refractivity (Wildman–Crippen MR) is 76.3 cm³/mol. The van der Waals surface area contributed by atoms with Crippen molar-refractivity contribution in [2.24, 2.45) is 0 Å². The maximum Gasteiger partial charge on any atom is 0.172 e. The summed E-state index contributed by atoms with van der Waals surface area (Å²) < 4.78 is 2.74. The number of pyridine rings is 1. The summed E-state index contributed by atoms with van der Waals surface area (Å²) in [6, 6.07) is 1.91. The zero-order valence-corrected chi connectivity index (χ0v) is 12.8. The summed E-state index contributed by atoms with van der Waals surface area (Å²) in [5.41, 5.74) is 2.96. The highest BCUT2D eigenvalue weighted by Crippen LogP contribution is 2.26. The van der Waals surface area contributed by atoms with Crippen LogP contribution in [0.25, 0.3) is 5.82 Å². The van der Waals surface area contributed by atoms with Crippen LogP contribution in [0.1, 0.15) is 17.0 Å². The topological polar surface area (TPSA) is 42.7 Å². The summed E-state index contributed by atoms with van der Waals surface area (Å²) in [5.74, 6) is 0.655. The molecule has 0 bridgehead atoms. The number of nitrogens with zero attached hydrogens (tertiary/aromatic N) is 3. The van der Waals surface area contributed by atoms with Gasteiger partial charge in [0.1, 0.15) is 0 Å². The molecular formula is C12H14BrClN4. The molecule has 2 heterocycles. The zero-order valence-electron chi connectivity index (χ0n) is 10.5. The van der Waals surface area contributed by atoms with Crippen molar-refractivity contribution in [3.63, 3.8) is 0 Å². The summed E-state index contributed by atoms with van der Waals surface area (Å²) >= 11 is 9.76. The Kier molecular flexibility index (Phi) is 4.04. The Morgan fingerprint density at radius 1 is 1.44 bits per heavy atom. The number of rotatable bonds is 3. The molecule has 2 aromatic rings. The van der Waals surface area contributed by atoms with Gasteiger partial charge in [0.15, 0.2) is 5.82 Å². The smallest absolute Gasteiger partial charge is 0.172 e. The minimum atomic E-state index is 0.598. The zero-order chi connectivity index (χ0) is 13.3. The molecule has 0 saturated heterocycles. The summed E-state index contributed by atoms with van der Waals surface area (Å²) in [5, 5.41) is 8.09. The molecule has 0 unspecified atom stereocenters. The van der Waals surface area contributed by atoms with Crippen molar-refractivity contribution < 1.29 is 0 Å². The third-order valence-electron chi connectivity index (χ3n) is 2.66. The van der Waals surface area contributed by atoms with E-state index in [-0.39, 0.29) is 0 Å². The van der Waals surface area contributed by atoms with E-state index in [1.165, 1.54) is 0 Å². The average molecular weight is 330 g/mol. The van der Waals surface area contributed by atoms with Gasteiger partial charge in [0, 0.05) is 12.7 Å². The minimum Gasteiger partial charge on any atom is -0.316 e. The number of hydrogen-bond donors (Lipinski definition) is 1. The fraction of sp³-hybridized carbons (Fsp3) is 0.333. The number of aryl methyl sites for hydroxylation is 1. The predicted octanol–water partition coefficient (Wildman–Crippen LogP) is 3.02. The maximum atomic E-state index is 6.27. The molecule has 0 spiro atoms. The van der Waals surface area contributed by atoms with Gasteiger partial charge in [-0.3, -0.25) is 0 Å². The Morgan fingerprint density at radius 3 is 2.67 bits per heavy atom. The number of halogens is 2. The monoisotopic (exact) mass is 328 g/mol. The second kappa shape index (κ2) is 5.38. The Balaban J connectivity index is 2.48. The summed E-state index contributed by atoms with van der Waals surface area (Å²) in [6.45, 7) is 4.66. The molecule has 0 fully saturated rings. The summed E-state index contributed by atoms with van der Waals surface area (Å²) in [6.07, 6.45) is 1.81. The number of aromatic nitrogens is 3. The van der Waals surface area contributed by atoms with Gasteiger partial charge in [-0.05, 0) is 48.5 Å². The van der Waals surface area contributed by atoms with E-state index < -0.39 is 0 Å². The Morgan fingerprint density at radius 2 is 2.17 bits per heavy atom. The van der Waals surface area contributed by atoms with Crippen LogP contribution in [-0.2, 0) is 6.54 Å². The van der Waals surface area contributed by atoms with Gasteiger partial charge >= 0.3 is 0 Å². The quantitative estimate of drug-likeness (QED) is 0.941. The van der Waals surface area contributed by atoms with Gasteiger partial charge in [-0.2, -0.15) is 5.10 Å². The van der Waals surface area contributed by atoms with Crippen molar-refractivity contribution in [3.05, 3.63) is 38.7 Å². The van der Waals surface area contributed by atoms with Crippen molar-refractivity contribution in [2.75, 3.05) is 7.05 Å². The third kappa shape index (κ3) is 2.43. The lowest BCUT2D eigenvalue weighted by atomic mass is 10.3. The van der Waals surface area contributed by atoms with E-state index in [1.54, 1.807) is 4.68 Å². The second-order valence-electron chi connectivity index (χ2n) is 4.08. The van der Waals surface area contributed by atoms with E-state index in [9.17, 15) is 0 Å². The standard InChI is InChI=1S/C12H14BrClN4/c1-7-11(13)8(2)18(17-7)12-10(14)4-9(5-15-3)6-16-12/h4,6,15H,5H2,1-3H3. The van der Waals surface area contributed by atoms with Crippen molar-refractivity contribution in [1.82, 2.24) is 20.1 Å². The van der Waals surface area contributed by atoms with E-state index in [4.69, 9.17) is 11.6 Å². The molecule has 0 saturated carbocycles. The largest absolute Gasteiger partial charge is 0.316 e. The lowest BCUT2D eigenvalue weighted by Gasteiger charge is -2.07. The van der Waals surface area contributed by atoms with Gasteiger partial charge in [0.05, 0.1) is 20.9 Å². The second-order valence-corrected chi connectivity index (χ2v) is 5.28. The Hall–Kier alpha value is -0.910. The molecule has 96 valence electrons. The highest BCUT2D eigenvalue weighted by molar-refractivity contribution is 9.10. The SMILES string of the molecule is CNCc1cnc(-n2nc(C)c(Br)c2C)c(Cl)c1. The van der Waals surface area contributed by atoms with Crippen LogP contribution >= 0.6 is 27.5 Å². The number of nitrogens with one attached hydrogen (secondary N) is 1. The van der Waals surface area contributed by atoms with Crippen molar-refractivity contribution in [2.45, 2.75) is 20.4 Å². The third-order valence-corrected chi connectivity index (χ3v) is 4.09. The molecule has 0 radical (unpaired) electrons. The molecular weight excluding hydrogens is 316 g/mol. The molecule has 2 aromatic heterocycles. The highest BCUT2D eigenvalue weighted by atomic mass is 79.9. The van der Waals surface area contributed by atoms with E-state index >= 15 is 0 Å². The van der Waals surface area contributed by atoms with Crippen LogP contribution in [0.4, 0.5) is 0 Å². The first-order valence-electron chi connectivity index (χ1n) is 5.55. The van der Waals surface area contributed by atoms with Crippen LogP contribution in [0, 0.1) is 13.8 Å². The van der Waals surface area contributed by atoms with Gasteiger partial charge < -0.3 is 5.32 Å². The molecule has 0 aliphatic carbocycles. The normalized spacial score (nSPS) is 10.9. The fourth-order valence-corrected chi connectivity index (χ4v) is 2.27.